The number of carbonyl (C=O) groups is 1. The number of nitrogens with zero attached hydrogens (tertiary/aromatic N) is 1. The standard InChI is InChI=1S/C14H12BrClN2O/c1-8-6-11(13(16)17-7-8)18-14(19)10-5-3-4-9(2)12(10)15/h3-7H,1-2H3,(H,18,19). The zero-order chi connectivity index (χ0) is 14.0. The molecule has 0 saturated heterocycles. The van der Waals surface area contributed by atoms with Crippen molar-refractivity contribution in [2.24, 2.45) is 0 Å². The van der Waals surface area contributed by atoms with Crippen LogP contribution in [0.4, 0.5) is 5.69 Å². The fraction of sp³-hybridized carbons (Fsp3) is 0.143. The van der Waals surface area contributed by atoms with Crippen LogP contribution >= 0.6 is 27.5 Å². The average Bonchev–Trinajstić information content (AvgIpc) is 2.37. The molecule has 0 bridgehead atoms. The summed E-state index contributed by atoms with van der Waals surface area (Å²) in [5.74, 6) is -0.218. The van der Waals surface area contributed by atoms with E-state index in [1.54, 1.807) is 18.3 Å². The second-order valence-corrected chi connectivity index (χ2v) is 5.39. The van der Waals surface area contributed by atoms with Crippen LogP contribution in [0.25, 0.3) is 0 Å². The van der Waals surface area contributed by atoms with Crippen LogP contribution in [0.1, 0.15) is 21.5 Å². The second-order valence-electron chi connectivity index (χ2n) is 4.24. The van der Waals surface area contributed by atoms with E-state index < -0.39 is 0 Å². The van der Waals surface area contributed by atoms with Gasteiger partial charge in [0, 0.05) is 10.7 Å². The van der Waals surface area contributed by atoms with Crippen molar-refractivity contribution < 1.29 is 4.79 Å². The lowest BCUT2D eigenvalue weighted by atomic mass is 10.1. The molecule has 1 aromatic carbocycles. The number of carbonyl (C=O) groups excluding carboxylic acids is 1. The topological polar surface area (TPSA) is 42.0 Å². The Bertz CT molecular complexity index is 643. The number of aromatic nitrogens is 1. The fourth-order valence-electron chi connectivity index (χ4n) is 1.65. The van der Waals surface area contributed by atoms with Crippen LogP contribution in [-0.2, 0) is 0 Å². The lowest BCUT2D eigenvalue weighted by Crippen LogP contribution is -2.13. The predicted molar refractivity (Wildman–Crippen MR) is 80.8 cm³/mol. The highest BCUT2D eigenvalue weighted by molar-refractivity contribution is 9.10. The van der Waals surface area contributed by atoms with Crippen LogP contribution in [0, 0.1) is 13.8 Å². The Morgan fingerprint density at radius 2 is 2.11 bits per heavy atom. The smallest absolute Gasteiger partial charge is 0.256 e. The molecule has 0 spiro atoms. The van der Waals surface area contributed by atoms with Gasteiger partial charge in [-0.3, -0.25) is 4.79 Å². The van der Waals surface area contributed by atoms with Crippen LogP contribution in [-0.4, -0.2) is 10.9 Å². The molecule has 98 valence electrons. The molecule has 0 radical (unpaired) electrons. The van der Waals surface area contributed by atoms with Crippen LogP contribution in [0.15, 0.2) is 34.9 Å². The van der Waals surface area contributed by atoms with Crippen molar-refractivity contribution in [2.45, 2.75) is 13.8 Å². The Morgan fingerprint density at radius 1 is 1.37 bits per heavy atom. The highest BCUT2D eigenvalue weighted by Gasteiger charge is 2.13. The molecule has 2 aromatic rings. The molecule has 5 heteroatoms. The first-order valence-corrected chi connectivity index (χ1v) is 6.84. The van der Waals surface area contributed by atoms with Gasteiger partial charge < -0.3 is 5.32 Å². The van der Waals surface area contributed by atoms with Gasteiger partial charge in [-0.15, -0.1) is 0 Å². The van der Waals surface area contributed by atoms with E-state index in [0.717, 1.165) is 15.6 Å². The third kappa shape index (κ3) is 3.14. The molecule has 0 atom stereocenters. The number of benzene rings is 1. The summed E-state index contributed by atoms with van der Waals surface area (Å²) in [4.78, 5) is 16.2. The minimum Gasteiger partial charge on any atom is -0.319 e. The zero-order valence-corrected chi connectivity index (χ0v) is 12.8. The van der Waals surface area contributed by atoms with Crippen molar-refractivity contribution in [3.05, 3.63) is 56.8 Å². The number of aryl methyl sites for hydroxylation is 2. The summed E-state index contributed by atoms with van der Waals surface area (Å²) in [5, 5.41) is 3.05. The summed E-state index contributed by atoms with van der Waals surface area (Å²) in [6.07, 6.45) is 1.65. The molecule has 0 aliphatic carbocycles. The first kappa shape index (κ1) is 14.0. The summed E-state index contributed by atoms with van der Waals surface area (Å²) >= 11 is 9.38. The van der Waals surface area contributed by atoms with E-state index in [1.165, 1.54) is 0 Å². The van der Waals surface area contributed by atoms with Gasteiger partial charge in [0.2, 0.25) is 0 Å². The maximum atomic E-state index is 12.2. The molecule has 0 aliphatic rings. The summed E-state index contributed by atoms with van der Waals surface area (Å²) in [7, 11) is 0. The third-order valence-corrected chi connectivity index (χ3v) is 4.01. The van der Waals surface area contributed by atoms with Crippen molar-refractivity contribution >= 4 is 39.1 Å². The van der Waals surface area contributed by atoms with E-state index in [4.69, 9.17) is 11.6 Å². The maximum Gasteiger partial charge on any atom is 0.256 e. The molecular weight excluding hydrogens is 328 g/mol. The Morgan fingerprint density at radius 3 is 2.84 bits per heavy atom. The highest BCUT2D eigenvalue weighted by Crippen LogP contribution is 2.24. The monoisotopic (exact) mass is 338 g/mol. The van der Waals surface area contributed by atoms with Gasteiger partial charge in [0.25, 0.3) is 5.91 Å². The van der Waals surface area contributed by atoms with Gasteiger partial charge in [-0.05, 0) is 53.0 Å². The lowest BCUT2D eigenvalue weighted by Gasteiger charge is -2.09. The maximum absolute atomic E-state index is 12.2. The van der Waals surface area contributed by atoms with Gasteiger partial charge in [-0.25, -0.2) is 4.98 Å². The average molecular weight is 340 g/mol. The summed E-state index contributed by atoms with van der Waals surface area (Å²) in [6.45, 7) is 3.82. The first-order chi connectivity index (χ1) is 8.99. The van der Waals surface area contributed by atoms with E-state index in [1.807, 2.05) is 26.0 Å². The summed E-state index contributed by atoms with van der Waals surface area (Å²) < 4.78 is 0.782. The number of anilines is 1. The molecular formula is C14H12BrClN2O. The minimum absolute atomic E-state index is 0.218. The Balaban J connectivity index is 2.31. The quantitative estimate of drug-likeness (QED) is 0.826. The van der Waals surface area contributed by atoms with E-state index in [2.05, 4.69) is 26.2 Å². The van der Waals surface area contributed by atoms with Crippen LogP contribution in [0.3, 0.4) is 0 Å². The normalized spacial score (nSPS) is 10.3. The SMILES string of the molecule is Cc1cnc(Cl)c(NC(=O)c2cccc(C)c2Br)c1. The molecule has 1 aromatic heterocycles. The number of amides is 1. The molecule has 19 heavy (non-hydrogen) atoms. The molecule has 0 saturated carbocycles. The van der Waals surface area contributed by atoms with Crippen LogP contribution in [0.2, 0.25) is 5.15 Å². The Labute approximate surface area is 125 Å². The summed E-state index contributed by atoms with van der Waals surface area (Å²) in [6, 6.07) is 7.31. The number of hydrogen-bond acceptors (Lipinski definition) is 2. The molecule has 0 unspecified atom stereocenters. The van der Waals surface area contributed by atoms with Gasteiger partial charge in [0.1, 0.15) is 0 Å². The Hall–Kier alpha value is -1.39. The minimum atomic E-state index is -0.218. The third-order valence-electron chi connectivity index (χ3n) is 2.66. The molecule has 1 heterocycles. The highest BCUT2D eigenvalue weighted by atomic mass is 79.9. The van der Waals surface area contributed by atoms with Gasteiger partial charge in [-0.1, -0.05) is 23.7 Å². The van der Waals surface area contributed by atoms with Crippen LogP contribution < -0.4 is 5.32 Å². The van der Waals surface area contributed by atoms with Gasteiger partial charge in [0.15, 0.2) is 5.15 Å². The summed E-state index contributed by atoms with van der Waals surface area (Å²) in [5.41, 5.74) is 3.02. The molecule has 1 amide bonds. The number of nitrogens with one attached hydrogen (secondary N) is 1. The van der Waals surface area contributed by atoms with Gasteiger partial charge in [-0.2, -0.15) is 0 Å². The van der Waals surface area contributed by atoms with E-state index in [9.17, 15) is 4.79 Å². The number of rotatable bonds is 2. The van der Waals surface area contributed by atoms with Crippen LogP contribution in [0.5, 0.6) is 0 Å². The van der Waals surface area contributed by atoms with E-state index in [-0.39, 0.29) is 11.1 Å². The molecule has 1 N–H and O–H groups in total. The number of halogens is 2. The lowest BCUT2D eigenvalue weighted by molar-refractivity contribution is 0.102. The fourth-order valence-corrected chi connectivity index (χ4v) is 2.25. The van der Waals surface area contributed by atoms with Crippen molar-refractivity contribution in [2.75, 3.05) is 5.32 Å². The van der Waals surface area contributed by atoms with Crippen molar-refractivity contribution in [1.29, 1.82) is 0 Å². The molecule has 0 fully saturated rings. The van der Waals surface area contributed by atoms with E-state index in [0.29, 0.717) is 11.3 Å². The van der Waals surface area contributed by atoms with Gasteiger partial charge >= 0.3 is 0 Å². The molecule has 3 nitrogen and oxygen atoms in total. The zero-order valence-electron chi connectivity index (χ0n) is 10.5. The number of pyridine rings is 1. The predicted octanol–water partition coefficient (Wildman–Crippen LogP) is 4.37. The van der Waals surface area contributed by atoms with Crippen molar-refractivity contribution in [3.63, 3.8) is 0 Å². The molecule has 0 aliphatic heterocycles. The van der Waals surface area contributed by atoms with Crippen molar-refractivity contribution in [3.8, 4) is 0 Å². The number of hydrogen-bond donors (Lipinski definition) is 1. The van der Waals surface area contributed by atoms with Crippen molar-refractivity contribution in [1.82, 2.24) is 4.98 Å². The van der Waals surface area contributed by atoms with Gasteiger partial charge in [0.05, 0.1) is 11.3 Å². The second kappa shape index (κ2) is 5.72. The molecule has 2 rings (SSSR count). The van der Waals surface area contributed by atoms with E-state index >= 15 is 0 Å². The Kier molecular flexibility index (Phi) is 4.22. The largest absolute Gasteiger partial charge is 0.319 e. The first-order valence-electron chi connectivity index (χ1n) is 5.67.